The van der Waals surface area contributed by atoms with Crippen molar-refractivity contribution in [2.45, 2.75) is 13.0 Å². The zero-order valence-corrected chi connectivity index (χ0v) is 9.49. The van der Waals surface area contributed by atoms with Gasteiger partial charge in [-0.05, 0) is 6.92 Å². The molecule has 0 aliphatic rings. The molecule has 0 bridgehead atoms. The number of hydrogen-bond acceptors (Lipinski definition) is 8. The Morgan fingerprint density at radius 1 is 1.76 bits per heavy atom. The minimum absolute atomic E-state index is 0.0723. The van der Waals surface area contributed by atoms with Crippen LogP contribution in [0.4, 0.5) is 17.5 Å². The maximum Gasteiger partial charge on any atom is 0.329 e. The molecule has 0 amide bonds. The van der Waals surface area contributed by atoms with Gasteiger partial charge in [-0.25, -0.2) is 10.8 Å². The van der Waals surface area contributed by atoms with E-state index in [-0.39, 0.29) is 24.0 Å². The number of likely N-dealkylation sites (N-methyl/N-ethyl adjacent to an activating group) is 1. The van der Waals surface area contributed by atoms with E-state index < -0.39 is 11.0 Å². The highest BCUT2D eigenvalue weighted by atomic mass is 16.6. The molecule has 0 aliphatic heterocycles. The summed E-state index contributed by atoms with van der Waals surface area (Å²) in [4.78, 5) is 19.2. The van der Waals surface area contributed by atoms with Crippen LogP contribution in [0.3, 0.4) is 0 Å². The van der Waals surface area contributed by atoms with Crippen LogP contribution in [0.1, 0.15) is 6.92 Å². The van der Waals surface area contributed by atoms with Crippen molar-refractivity contribution >= 4 is 17.5 Å². The summed E-state index contributed by atoms with van der Waals surface area (Å²) in [6.07, 6.45) is 0.430. The van der Waals surface area contributed by atoms with Gasteiger partial charge in [0.2, 0.25) is 11.8 Å². The van der Waals surface area contributed by atoms with Crippen LogP contribution in [0.2, 0.25) is 0 Å². The lowest BCUT2D eigenvalue weighted by Crippen LogP contribution is -2.28. The first-order valence-corrected chi connectivity index (χ1v) is 4.83. The van der Waals surface area contributed by atoms with Crippen molar-refractivity contribution in [3.05, 3.63) is 16.3 Å². The number of aromatic nitrogens is 2. The molecule has 17 heavy (non-hydrogen) atoms. The summed E-state index contributed by atoms with van der Waals surface area (Å²) in [5.74, 6) is 5.30. The Morgan fingerprint density at radius 3 is 2.88 bits per heavy atom. The molecule has 9 nitrogen and oxygen atoms in total. The fraction of sp³-hybridized carbons (Fsp3) is 0.500. The minimum Gasteiger partial charge on any atom is -0.392 e. The lowest BCUT2D eigenvalue weighted by Gasteiger charge is -2.19. The first-order chi connectivity index (χ1) is 7.95. The summed E-state index contributed by atoms with van der Waals surface area (Å²) in [5, 5.41) is 20.0. The fourth-order valence-corrected chi connectivity index (χ4v) is 1.33. The molecule has 1 atom stereocenters. The smallest absolute Gasteiger partial charge is 0.329 e. The van der Waals surface area contributed by atoms with Gasteiger partial charge in [-0.3, -0.25) is 15.5 Å². The molecule has 0 aromatic carbocycles. The van der Waals surface area contributed by atoms with E-state index in [0.717, 1.165) is 6.20 Å². The molecule has 0 saturated heterocycles. The van der Waals surface area contributed by atoms with Crippen LogP contribution in [0.25, 0.3) is 0 Å². The molecule has 0 radical (unpaired) electrons. The Kier molecular flexibility index (Phi) is 4.12. The minimum atomic E-state index is -0.635. The van der Waals surface area contributed by atoms with Crippen LogP contribution in [0.15, 0.2) is 6.20 Å². The van der Waals surface area contributed by atoms with Gasteiger partial charge in [0.25, 0.3) is 0 Å². The fourth-order valence-electron chi connectivity index (χ4n) is 1.33. The lowest BCUT2D eigenvalue weighted by molar-refractivity contribution is -0.384. The van der Waals surface area contributed by atoms with Gasteiger partial charge in [0.15, 0.2) is 0 Å². The van der Waals surface area contributed by atoms with E-state index in [1.165, 1.54) is 4.90 Å². The Balaban J connectivity index is 3.12. The van der Waals surface area contributed by atoms with Crippen LogP contribution in [0, 0.1) is 10.1 Å². The molecule has 1 rings (SSSR count). The summed E-state index contributed by atoms with van der Waals surface area (Å²) < 4.78 is 0. The Hall–Kier alpha value is -2.00. The molecule has 1 aromatic rings. The predicted molar refractivity (Wildman–Crippen MR) is 61.4 cm³/mol. The largest absolute Gasteiger partial charge is 0.392 e. The van der Waals surface area contributed by atoms with E-state index in [1.54, 1.807) is 14.0 Å². The van der Waals surface area contributed by atoms with Crippen LogP contribution in [0.5, 0.6) is 0 Å². The van der Waals surface area contributed by atoms with E-state index >= 15 is 0 Å². The average molecular weight is 242 g/mol. The van der Waals surface area contributed by atoms with Gasteiger partial charge in [-0.1, -0.05) is 0 Å². The van der Waals surface area contributed by atoms with Gasteiger partial charge in [-0.15, -0.1) is 0 Å². The van der Waals surface area contributed by atoms with E-state index in [4.69, 9.17) is 5.84 Å². The standard InChI is InChI=1S/C8H14N6O3/c1-5(15)4-13(2)7-6(14(16)17)3-10-8(11-7)12-9/h3,5,15H,4,9H2,1-2H3,(H,10,11,12). The van der Waals surface area contributed by atoms with Gasteiger partial charge >= 0.3 is 5.69 Å². The van der Waals surface area contributed by atoms with Crippen LogP contribution < -0.4 is 16.2 Å². The molecule has 0 fully saturated rings. The van der Waals surface area contributed by atoms with Crippen molar-refractivity contribution in [2.75, 3.05) is 23.9 Å². The van der Waals surface area contributed by atoms with Crippen LogP contribution >= 0.6 is 0 Å². The predicted octanol–water partition coefficient (Wildman–Crippen LogP) is -0.513. The summed E-state index contributed by atoms with van der Waals surface area (Å²) in [7, 11) is 1.59. The topological polar surface area (TPSA) is 130 Å². The molecule has 4 N–H and O–H groups in total. The van der Waals surface area contributed by atoms with Gasteiger partial charge < -0.3 is 10.0 Å². The number of hydrazine groups is 1. The number of rotatable bonds is 5. The van der Waals surface area contributed by atoms with Crippen molar-refractivity contribution in [3.63, 3.8) is 0 Å². The molecule has 0 saturated carbocycles. The average Bonchev–Trinajstić information content (AvgIpc) is 2.27. The molecular weight excluding hydrogens is 228 g/mol. The summed E-state index contributed by atoms with van der Waals surface area (Å²) in [5.41, 5.74) is 1.96. The van der Waals surface area contributed by atoms with E-state index in [2.05, 4.69) is 15.4 Å². The maximum atomic E-state index is 10.8. The molecule has 1 unspecified atom stereocenters. The summed E-state index contributed by atoms with van der Waals surface area (Å²) in [6.45, 7) is 1.79. The number of nitrogen functional groups attached to an aromatic ring is 1. The highest BCUT2D eigenvalue weighted by molar-refractivity contribution is 5.58. The number of nitrogens with one attached hydrogen (secondary N) is 1. The normalized spacial score (nSPS) is 12.0. The molecule has 94 valence electrons. The third kappa shape index (κ3) is 3.23. The van der Waals surface area contributed by atoms with Crippen molar-refractivity contribution in [1.29, 1.82) is 0 Å². The summed E-state index contributed by atoms with van der Waals surface area (Å²) in [6, 6.07) is 0. The van der Waals surface area contributed by atoms with Crippen molar-refractivity contribution in [3.8, 4) is 0 Å². The Labute approximate surface area is 97.4 Å². The van der Waals surface area contributed by atoms with Crippen molar-refractivity contribution in [2.24, 2.45) is 5.84 Å². The highest BCUT2D eigenvalue weighted by Crippen LogP contribution is 2.24. The Morgan fingerprint density at radius 2 is 2.41 bits per heavy atom. The van der Waals surface area contributed by atoms with E-state index in [1.807, 2.05) is 0 Å². The number of nitrogens with zero attached hydrogens (tertiary/aromatic N) is 4. The molecule has 0 spiro atoms. The third-order valence-corrected chi connectivity index (χ3v) is 1.98. The number of aliphatic hydroxyl groups excluding tert-OH is 1. The zero-order valence-electron chi connectivity index (χ0n) is 9.49. The molecule has 9 heteroatoms. The highest BCUT2D eigenvalue weighted by Gasteiger charge is 2.21. The van der Waals surface area contributed by atoms with E-state index in [0.29, 0.717) is 0 Å². The van der Waals surface area contributed by atoms with E-state index in [9.17, 15) is 15.2 Å². The third-order valence-electron chi connectivity index (χ3n) is 1.98. The van der Waals surface area contributed by atoms with Gasteiger partial charge in [0.05, 0.1) is 11.0 Å². The zero-order chi connectivity index (χ0) is 13.0. The van der Waals surface area contributed by atoms with Crippen LogP contribution in [-0.4, -0.2) is 39.7 Å². The number of nitrogens with two attached hydrogens (primary N) is 1. The van der Waals surface area contributed by atoms with Gasteiger partial charge in [0, 0.05) is 13.6 Å². The maximum absolute atomic E-state index is 10.8. The first kappa shape index (κ1) is 13.1. The monoisotopic (exact) mass is 242 g/mol. The molecule has 1 heterocycles. The number of aliphatic hydroxyl groups is 1. The lowest BCUT2D eigenvalue weighted by atomic mass is 10.3. The Bertz CT molecular complexity index is 410. The van der Waals surface area contributed by atoms with Crippen molar-refractivity contribution < 1.29 is 10.0 Å². The number of hydrogen-bond donors (Lipinski definition) is 3. The molecule has 0 aliphatic carbocycles. The second-order valence-corrected chi connectivity index (χ2v) is 3.53. The summed E-state index contributed by atoms with van der Waals surface area (Å²) >= 11 is 0. The van der Waals surface area contributed by atoms with Crippen LogP contribution in [-0.2, 0) is 0 Å². The van der Waals surface area contributed by atoms with Gasteiger partial charge in [-0.2, -0.15) is 4.98 Å². The SMILES string of the molecule is CC(O)CN(C)c1nc(NN)ncc1[N+](=O)[O-]. The number of anilines is 2. The molecular formula is C8H14N6O3. The molecule has 1 aromatic heterocycles. The van der Waals surface area contributed by atoms with Crippen molar-refractivity contribution in [1.82, 2.24) is 9.97 Å². The van der Waals surface area contributed by atoms with Gasteiger partial charge in [0.1, 0.15) is 6.20 Å². The first-order valence-electron chi connectivity index (χ1n) is 4.83. The number of nitro groups is 1. The second kappa shape index (κ2) is 5.37. The second-order valence-electron chi connectivity index (χ2n) is 3.53. The quantitative estimate of drug-likeness (QED) is 0.357.